The van der Waals surface area contributed by atoms with E-state index in [9.17, 15) is 18.0 Å². The van der Waals surface area contributed by atoms with Crippen molar-refractivity contribution >= 4 is 16.8 Å². The van der Waals surface area contributed by atoms with E-state index in [-0.39, 0.29) is 18.0 Å². The van der Waals surface area contributed by atoms with Crippen LogP contribution in [0.4, 0.5) is 13.2 Å². The molecule has 0 spiro atoms. The minimum Gasteiger partial charge on any atom is -0.394 e. The summed E-state index contributed by atoms with van der Waals surface area (Å²) in [5.41, 5.74) is 2.22. The fourth-order valence-corrected chi connectivity index (χ4v) is 3.44. The Bertz CT molecular complexity index is 879. The number of nitrogens with one attached hydrogen (secondary N) is 2. The van der Waals surface area contributed by atoms with Gasteiger partial charge in [-0.15, -0.1) is 0 Å². The lowest BCUT2D eigenvalue weighted by atomic mass is 9.86. The van der Waals surface area contributed by atoms with Crippen LogP contribution in [-0.2, 0) is 0 Å². The molecule has 0 radical (unpaired) electrons. The average molecular weight is 394 g/mol. The molecule has 2 aromatic rings. The number of fused-ring (bicyclic) bond motifs is 1. The van der Waals surface area contributed by atoms with E-state index in [0.29, 0.717) is 24.3 Å². The summed E-state index contributed by atoms with van der Waals surface area (Å²) >= 11 is 0. The van der Waals surface area contributed by atoms with Crippen molar-refractivity contribution in [3.8, 4) is 0 Å². The first-order chi connectivity index (χ1) is 13.3. The molecular weight excluding hydrogens is 373 g/mol. The van der Waals surface area contributed by atoms with Crippen LogP contribution in [0.3, 0.4) is 0 Å². The molecule has 1 unspecified atom stereocenters. The van der Waals surface area contributed by atoms with Gasteiger partial charge in [-0.05, 0) is 37.8 Å². The molecule has 4 rings (SSSR count). The number of rotatable bonds is 6. The Morgan fingerprint density at radius 1 is 1.18 bits per heavy atom. The molecule has 6 nitrogen and oxygen atoms in total. The molecule has 1 amide bonds. The number of hydrogen-bond acceptors (Lipinski definition) is 5. The Morgan fingerprint density at radius 3 is 2.57 bits per heavy atom. The summed E-state index contributed by atoms with van der Waals surface area (Å²) in [7, 11) is 0. The van der Waals surface area contributed by atoms with Crippen LogP contribution in [0.15, 0.2) is 24.5 Å². The molecule has 0 aromatic carbocycles. The summed E-state index contributed by atoms with van der Waals surface area (Å²) in [6.07, 6.45) is 1.80. The van der Waals surface area contributed by atoms with E-state index in [1.807, 2.05) is 6.07 Å². The third-order valence-electron chi connectivity index (χ3n) is 5.33. The Balaban J connectivity index is 1.32. The number of carbonyl (C=O) groups excluding carboxylic acids is 1. The van der Waals surface area contributed by atoms with Gasteiger partial charge in [0.1, 0.15) is 6.04 Å². The van der Waals surface area contributed by atoms with Gasteiger partial charge in [0.25, 0.3) is 5.91 Å². The quantitative estimate of drug-likeness (QED) is 0.700. The van der Waals surface area contributed by atoms with Crippen LogP contribution in [0.1, 0.15) is 47.7 Å². The largest absolute Gasteiger partial charge is 0.406 e. The van der Waals surface area contributed by atoms with Crippen molar-refractivity contribution < 1.29 is 23.1 Å². The minimum atomic E-state index is -4.49. The smallest absolute Gasteiger partial charge is 0.394 e. The third-order valence-corrected chi connectivity index (χ3v) is 5.33. The lowest BCUT2D eigenvalue weighted by molar-refractivity contribution is -0.167. The van der Waals surface area contributed by atoms with Crippen molar-refractivity contribution in [3.05, 3.63) is 35.8 Å². The zero-order valence-electron chi connectivity index (χ0n) is 15.0. The predicted molar refractivity (Wildman–Crippen MR) is 95.9 cm³/mol. The first-order valence-electron chi connectivity index (χ1n) is 9.33. The molecule has 0 aliphatic heterocycles. The van der Waals surface area contributed by atoms with Gasteiger partial charge in [-0.2, -0.15) is 13.2 Å². The molecule has 3 N–H and O–H groups in total. The SMILES string of the molecule is O=C(N[C@H]1C[C@@H](NC(CO)C(F)(F)F)C1)c1cnc2cc(C3CC3)ncc2c1. The molecule has 2 fully saturated rings. The highest BCUT2D eigenvalue weighted by molar-refractivity contribution is 5.97. The van der Waals surface area contributed by atoms with E-state index in [4.69, 9.17) is 5.11 Å². The van der Waals surface area contributed by atoms with Crippen LogP contribution in [0.2, 0.25) is 0 Å². The van der Waals surface area contributed by atoms with E-state index in [1.165, 1.54) is 6.20 Å². The first kappa shape index (κ1) is 19.1. The highest BCUT2D eigenvalue weighted by Gasteiger charge is 2.42. The molecule has 0 bridgehead atoms. The highest BCUT2D eigenvalue weighted by atomic mass is 19.4. The van der Waals surface area contributed by atoms with Crippen LogP contribution in [0.5, 0.6) is 0 Å². The van der Waals surface area contributed by atoms with Crippen molar-refractivity contribution in [2.75, 3.05) is 6.61 Å². The number of aliphatic hydroxyl groups is 1. The number of halogens is 3. The number of alkyl halides is 3. The second-order valence-electron chi connectivity index (χ2n) is 7.58. The molecule has 150 valence electrons. The molecule has 28 heavy (non-hydrogen) atoms. The summed E-state index contributed by atoms with van der Waals surface area (Å²) in [6.45, 7) is -1.00. The van der Waals surface area contributed by atoms with E-state index in [0.717, 1.165) is 29.4 Å². The van der Waals surface area contributed by atoms with E-state index < -0.39 is 18.8 Å². The first-order valence-corrected chi connectivity index (χ1v) is 9.33. The molecule has 2 aliphatic rings. The Morgan fingerprint density at radius 2 is 1.93 bits per heavy atom. The fraction of sp³-hybridized carbons (Fsp3) is 0.526. The van der Waals surface area contributed by atoms with Crippen molar-refractivity contribution in [3.63, 3.8) is 0 Å². The second kappa shape index (κ2) is 7.29. The van der Waals surface area contributed by atoms with Crippen LogP contribution in [0, 0.1) is 0 Å². The lowest BCUT2D eigenvalue weighted by Gasteiger charge is -2.38. The van der Waals surface area contributed by atoms with Crippen LogP contribution in [-0.4, -0.2) is 51.9 Å². The van der Waals surface area contributed by atoms with Crippen LogP contribution >= 0.6 is 0 Å². The van der Waals surface area contributed by atoms with Crippen LogP contribution < -0.4 is 10.6 Å². The molecule has 2 heterocycles. The molecule has 9 heteroatoms. The van der Waals surface area contributed by atoms with Gasteiger partial charge in [0, 0.05) is 41.5 Å². The van der Waals surface area contributed by atoms with Crippen molar-refractivity contribution in [2.45, 2.75) is 55.9 Å². The van der Waals surface area contributed by atoms with Gasteiger partial charge in [0.2, 0.25) is 0 Å². The molecule has 2 saturated carbocycles. The van der Waals surface area contributed by atoms with Crippen molar-refractivity contribution in [1.82, 2.24) is 20.6 Å². The fourth-order valence-electron chi connectivity index (χ4n) is 3.44. The Kier molecular flexibility index (Phi) is 4.96. The molecule has 1 atom stereocenters. The molecule has 2 aliphatic carbocycles. The number of carbonyl (C=O) groups is 1. The van der Waals surface area contributed by atoms with E-state index in [1.54, 1.807) is 12.3 Å². The predicted octanol–water partition coefficient (Wildman–Crippen LogP) is 2.28. The molecule has 0 saturated heterocycles. The monoisotopic (exact) mass is 394 g/mol. The van der Waals surface area contributed by atoms with Gasteiger partial charge in [0.05, 0.1) is 17.7 Å². The van der Waals surface area contributed by atoms with Crippen molar-refractivity contribution in [2.24, 2.45) is 0 Å². The summed E-state index contributed by atoms with van der Waals surface area (Å²) in [5.74, 6) is 0.218. The summed E-state index contributed by atoms with van der Waals surface area (Å²) in [6, 6.07) is 1.15. The Hall–Kier alpha value is -2.26. The topological polar surface area (TPSA) is 87.1 Å². The maximum absolute atomic E-state index is 12.7. The van der Waals surface area contributed by atoms with E-state index in [2.05, 4.69) is 20.6 Å². The van der Waals surface area contributed by atoms with E-state index >= 15 is 0 Å². The number of pyridine rings is 2. The number of hydrogen-bond donors (Lipinski definition) is 3. The summed E-state index contributed by atoms with van der Waals surface area (Å²) in [5, 5.41) is 14.8. The number of amides is 1. The highest BCUT2D eigenvalue weighted by Crippen LogP contribution is 2.39. The molecular formula is C19H21F3N4O2. The summed E-state index contributed by atoms with van der Waals surface area (Å²) in [4.78, 5) is 21.2. The zero-order valence-corrected chi connectivity index (χ0v) is 15.0. The second-order valence-corrected chi connectivity index (χ2v) is 7.58. The normalized spacial score (nSPS) is 23.3. The minimum absolute atomic E-state index is 0.205. The van der Waals surface area contributed by atoms with Crippen molar-refractivity contribution in [1.29, 1.82) is 0 Å². The van der Waals surface area contributed by atoms with Gasteiger partial charge in [-0.1, -0.05) is 0 Å². The van der Waals surface area contributed by atoms with Gasteiger partial charge in [-0.3, -0.25) is 14.8 Å². The number of aromatic nitrogens is 2. The summed E-state index contributed by atoms with van der Waals surface area (Å²) < 4.78 is 38.0. The number of aliphatic hydroxyl groups excluding tert-OH is 1. The zero-order chi connectivity index (χ0) is 19.9. The lowest BCUT2D eigenvalue weighted by Crippen LogP contribution is -2.58. The standard InChI is InChI=1S/C19H21F3N4O2/c20-19(21,22)17(9-27)25-13-4-14(5-13)26-18(28)12-3-11-7-23-15(10-1-2-10)6-16(11)24-8-12/h3,6-8,10,13-14,17,25,27H,1-2,4-5,9H2,(H,26,28)/t13-,14+,17?. The maximum atomic E-state index is 12.7. The van der Waals surface area contributed by atoms with Gasteiger partial charge in [-0.25, -0.2) is 0 Å². The molecule has 2 aromatic heterocycles. The third kappa shape index (κ3) is 4.10. The van der Waals surface area contributed by atoms with Gasteiger partial charge < -0.3 is 15.7 Å². The van der Waals surface area contributed by atoms with Gasteiger partial charge >= 0.3 is 6.18 Å². The maximum Gasteiger partial charge on any atom is 0.406 e. The van der Waals surface area contributed by atoms with Crippen LogP contribution in [0.25, 0.3) is 10.9 Å². The average Bonchev–Trinajstić information content (AvgIpc) is 3.46. The Labute approximate surface area is 159 Å². The number of nitrogens with zero attached hydrogens (tertiary/aromatic N) is 2. The van der Waals surface area contributed by atoms with Gasteiger partial charge in [0.15, 0.2) is 0 Å².